The topological polar surface area (TPSA) is 46.9 Å². The quantitative estimate of drug-likeness (QED) is 0.772. The van der Waals surface area contributed by atoms with Gasteiger partial charge >= 0.3 is 0 Å². The minimum absolute atomic E-state index is 0.0482. The molecule has 0 aliphatic heterocycles. The molecule has 0 aliphatic rings. The molecule has 3 rings (SSSR count). The van der Waals surface area contributed by atoms with Gasteiger partial charge in [-0.25, -0.2) is 0 Å². The summed E-state index contributed by atoms with van der Waals surface area (Å²) in [6.07, 6.45) is 1.80. The zero-order valence-electron chi connectivity index (χ0n) is 14.9. The lowest BCUT2D eigenvalue weighted by Crippen LogP contribution is -2.23. The van der Waals surface area contributed by atoms with Crippen LogP contribution < -0.4 is 5.32 Å². The van der Waals surface area contributed by atoms with E-state index in [0.717, 1.165) is 34.8 Å². The van der Waals surface area contributed by atoms with Gasteiger partial charge in [0.2, 0.25) is 0 Å². The summed E-state index contributed by atoms with van der Waals surface area (Å²) in [7, 11) is 0. The second-order valence-corrected chi connectivity index (χ2v) is 6.35. The number of carbonyl (C=O) groups excluding carboxylic acids is 1. The van der Waals surface area contributed by atoms with E-state index in [4.69, 9.17) is 0 Å². The molecule has 2 aromatic heterocycles. The number of carbonyl (C=O) groups is 1. The molecule has 0 bridgehead atoms. The minimum atomic E-state index is -0.0482. The highest BCUT2D eigenvalue weighted by atomic mass is 16.1. The number of rotatable bonds is 5. The van der Waals surface area contributed by atoms with Crippen LogP contribution in [0.1, 0.15) is 38.6 Å². The molecule has 4 heteroatoms. The Hall–Kier alpha value is -2.88. The van der Waals surface area contributed by atoms with Gasteiger partial charge in [-0.2, -0.15) is 0 Å². The zero-order valence-corrected chi connectivity index (χ0v) is 14.9. The van der Waals surface area contributed by atoms with Crippen molar-refractivity contribution in [2.75, 3.05) is 0 Å². The third-order valence-corrected chi connectivity index (χ3v) is 4.43. The van der Waals surface area contributed by atoms with Gasteiger partial charge < -0.3 is 9.88 Å². The van der Waals surface area contributed by atoms with Crippen molar-refractivity contribution in [3.63, 3.8) is 0 Å². The molecule has 0 saturated carbocycles. The van der Waals surface area contributed by atoms with Crippen LogP contribution in [0.2, 0.25) is 0 Å². The summed E-state index contributed by atoms with van der Waals surface area (Å²) < 4.78 is 2.18. The Kier molecular flexibility index (Phi) is 4.98. The van der Waals surface area contributed by atoms with Crippen molar-refractivity contribution in [1.82, 2.24) is 14.9 Å². The summed E-state index contributed by atoms with van der Waals surface area (Å²) in [6, 6.07) is 16.2. The summed E-state index contributed by atoms with van der Waals surface area (Å²) in [5, 5.41) is 2.99. The standard InChI is InChI=1S/C21H23N3O/c1-15-9-10-19(12-22-15)13-23-21(25)20-11-16(2)24(17(20)3)14-18-7-5-4-6-8-18/h4-12H,13-14H2,1-3H3,(H,23,25). The number of pyridine rings is 1. The fourth-order valence-corrected chi connectivity index (χ4v) is 2.92. The number of nitrogens with zero attached hydrogens (tertiary/aromatic N) is 2. The number of hydrogen-bond acceptors (Lipinski definition) is 2. The summed E-state index contributed by atoms with van der Waals surface area (Å²) in [4.78, 5) is 16.8. The first-order valence-electron chi connectivity index (χ1n) is 8.45. The van der Waals surface area contributed by atoms with E-state index in [1.54, 1.807) is 6.20 Å². The van der Waals surface area contributed by atoms with Gasteiger partial charge in [0.1, 0.15) is 0 Å². The van der Waals surface area contributed by atoms with Crippen LogP contribution in [0, 0.1) is 20.8 Å². The molecule has 1 amide bonds. The summed E-state index contributed by atoms with van der Waals surface area (Å²) in [5.74, 6) is -0.0482. The van der Waals surface area contributed by atoms with Crippen molar-refractivity contribution in [2.24, 2.45) is 0 Å². The third kappa shape index (κ3) is 3.97. The molecule has 1 N–H and O–H groups in total. The Bertz CT molecular complexity index is 864. The predicted molar refractivity (Wildman–Crippen MR) is 99.6 cm³/mol. The van der Waals surface area contributed by atoms with E-state index < -0.39 is 0 Å². The maximum atomic E-state index is 12.6. The fourth-order valence-electron chi connectivity index (χ4n) is 2.92. The van der Waals surface area contributed by atoms with Crippen LogP contribution in [-0.2, 0) is 13.1 Å². The number of hydrogen-bond donors (Lipinski definition) is 1. The zero-order chi connectivity index (χ0) is 17.8. The predicted octanol–water partition coefficient (Wildman–Crippen LogP) is 3.79. The SMILES string of the molecule is Cc1ccc(CNC(=O)c2cc(C)n(Cc3ccccc3)c2C)cn1. The van der Waals surface area contributed by atoms with Crippen LogP contribution >= 0.6 is 0 Å². The van der Waals surface area contributed by atoms with Gasteiger partial charge in [0.05, 0.1) is 5.56 Å². The lowest BCUT2D eigenvalue weighted by molar-refractivity contribution is 0.0950. The second kappa shape index (κ2) is 7.34. The average Bonchev–Trinajstić information content (AvgIpc) is 2.90. The van der Waals surface area contributed by atoms with Crippen LogP contribution in [0.5, 0.6) is 0 Å². The van der Waals surface area contributed by atoms with E-state index in [0.29, 0.717) is 6.54 Å². The highest BCUT2D eigenvalue weighted by Crippen LogP contribution is 2.17. The Morgan fingerprint density at radius 3 is 2.48 bits per heavy atom. The first-order valence-corrected chi connectivity index (χ1v) is 8.45. The molecule has 0 radical (unpaired) electrons. The van der Waals surface area contributed by atoms with E-state index in [1.165, 1.54) is 5.56 Å². The molecule has 0 fully saturated rings. The minimum Gasteiger partial charge on any atom is -0.348 e. The number of benzene rings is 1. The van der Waals surface area contributed by atoms with E-state index in [1.807, 2.05) is 57.2 Å². The van der Waals surface area contributed by atoms with Gasteiger partial charge in [-0.1, -0.05) is 36.4 Å². The summed E-state index contributed by atoms with van der Waals surface area (Å²) in [6.45, 7) is 7.24. The van der Waals surface area contributed by atoms with Crippen molar-refractivity contribution in [1.29, 1.82) is 0 Å². The average molecular weight is 333 g/mol. The smallest absolute Gasteiger partial charge is 0.253 e. The molecule has 25 heavy (non-hydrogen) atoms. The molecule has 1 aromatic carbocycles. The summed E-state index contributed by atoms with van der Waals surface area (Å²) in [5.41, 5.74) is 6.00. The Morgan fingerprint density at radius 2 is 1.80 bits per heavy atom. The molecular formula is C21H23N3O. The van der Waals surface area contributed by atoms with Crippen molar-refractivity contribution in [3.05, 3.63) is 88.5 Å². The van der Waals surface area contributed by atoms with Crippen LogP contribution in [0.3, 0.4) is 0 Å². The van der Waals surface area contributed by atoms with E-state index in [9.17, 15) is 4.79 Å². The Labute approximate surface area is 148 Å². The van der Waals surface area contributed by atoms with Crippen LogP contribution in [-0.4, -0.2) is 15.5 Å². The molecule has 128 valence electrons. The molecular weight excluding hydrogens is 310 g/mol. The fraction of sp³-hybridized carbons (Fsp3) is 0.238. The largest absolute Gasteiger partial charge is 0.348 e. The van der Waals surface area contributed by atoms with Gasteiger partial charge in [-0.05, 0) is 44.0 Å². The first-order chi connectivity index (χ1) is 12.0. The molecule has 3 aromatic rings. The van der Waals surface area contributed by atoms with Gasteiger partial charge in [-0.15, -0.1) is 0 Å². The van der Waals surface area contributed by atoms with E-state index >= 15 is 0 Å². The molecule has 2 heterocycles. The Balaban J connectivity index is 1.72. The molecule has 0 unspecified atom stereocenters. The number of aromatic nitrogens is 2. The van der Waals surface area contributed by atoms with Crippen LogP contribution in [0.25, 0.3) is 0 Å². The highest BCUT2D eigenvalue weighted by molar-refractivity contribution is 5.95. The lowest BCUT2D eigenvalue weighted by atomic mass is 10.2. The van der Waals surface area contributed by atoms with Gasteiger partial charge in [0.15, 0.2) is 0 Å². The number of nitrogens with one attached hydrogen (secondary N) is 1. The van der Waals surface area contributed by atoms with Crippen LogP contribution in [0.4, 0.5) is 0 Å². The molecule has 0 atom stereocenters. The normalized spacial score (nSPS) is 10.7. The van der Waals surface area contributed by atoms with Crippen molar-refractivity contribution in [2.45, 2.75) is 33.9 Å². The van der Waals surface area contributed by atoms with Gasteiger partial charge in [-0.3, -0.25) is 9.78 Å². The lowest BCUT2D eigenvalue weighted by Gasteiger charge is -2.10. The van der Waals surface area contributed by atoms with Gasteiger partial charge in [0.25, 0.3) is 5.91 Å². The molecule has 0 saturated heterocycles. The third-order valence-electron chi connectivity index (χ3n) is 4.43. The highest BCUT2D eigenvalue weighted by Gasteiger charge is 2.15. The molecule has 0 spiro atoms. The monoisotopic (exact) mass is 333 g/mol. The second-order valence-electron chi connectivity index (χ2n) is 6.35. The number of amides is 1. The molecule has 0 aliphatic carbocycles. The van der Waals surface area contributed by atoms with E-state index in [-0.39, 0.29) is 5.91 Å². The van der Waals surface area contributed by atoms with Gasteiger partial charge in [0, 0.05) is 36.4 Å². The molecule has 4 nitrogen and oxygen atoms in total. The number of aryl methyl sites for hydroxylation is 2. The van der Waals surface area contributed by atoms with Crippen LogP contribution in [0.15, 0.2) is 54.7 Å². The summed E-state index contributed by atoms with van der Waals surface area (Å²) >= 11 is 0. The van der Waals surface area contributed by atoms with Crippen molar-refractivity contribution >= 4 is 5.91 Å². The van der Waals surface area contributed by atoms with Crippen molar-refractivity contribution < 1.29 is 4.79 Å². The van der Waals surface area contributed by atoms with Crippen molar-refractivity contribution in [3.8, 4) is 0 Å². The Morgan fingerprint density at radius 1 is 1.04 bits per heavy atom. The van der Waals surface area contributed by atoms with E-state index in [2.05, 4.69) is 27.0 Å². The first kappa shape index (κ1) is 17.0. The maximum absolute atomic E-state index is 12.6. The maximum Gasteiger partial charge on any atom is 0.253 e.